The second-order valence-corrected chi connectivity index (χ2v) is 18.8. The topological polar surface area (TPSA) is 131 Å². The van der Waals surface area contributed by atoms with Gasteiger partial charge >= 0.3 is 5.97 Å². The maximum absolute atomic E-state index is 14.1. The molecular weight excluding hydrogens is 767 g/mol. The first-order valence-electron chi connectivity index (χ1n) is 20.7. The Bertz CT molecular complexity index is 2270. The van der Waals surface area contributed by atoms with E-state index in [1.165, 1.54) is 55.4 Å². The number of hydrogen-bond acceptors (Lipinski definition) is 10. The molecular formula is C45H53N7O4S2. The Morgan fingerprint density at radius 1 is 0.983 bits per heavy atom. The quantitative estimate of drug-likeness (QED) is 0.0678. The number of nitrogens with zero attached hydrogens (tertiary/aromatic N) is 5. The van der Waals surface area contributed by atoms with Gasteiger partial charge in [-0.25, -0.2) is 9.97 Å². The molecule has 2 amide bonds. The van der Waals surface area contributed by atoms with Crippen LogP contribution in [-0.4, -0.2) is 56.4 Å². The Kier molecular flexibility index (Phi) is 11.9. The summed E-state index contributed by atoms with van der Waals surface area (Å²) in [5.74, 6) is 2.87. The van der Waals surface area contributed by atoms with Crippen molar-refractivity contribution in [3.63, 3.8) is 0 Å². The highest BCUT2D eigenvalue weighted by molar-refractivity contribution is 7.97. The van der Waals surface area contributed by atoms with Crippen LogP contribution >= 0.6 is 23.3 Å². The molecule has 3 aromatic heterocycles. The van der Waals surface area contributed by atoms with E-state index in [-0.39, 0.29) is 23.2 Å². The normalized spacial score (nSPS) is 21.4. The molecule has 0 spiro atoms. The summed E-state index contributed by atoms with van der Waals surface area (Å²) in [4.78, 5) is 51.5. The zero-order chi connectivity index (χ0) is 40.4. The van der Waals surface area contributed by atoms with E-state index in [1.807, 2.05) is 54.7 Å². The molecule has 2 atom stereocenters. The Morgan fingerprint density at radius 2 is 1.79 bits per heavy atom. The minimum absolute atomic E-state index is 0.180. The summed E-state index contributed by atoms with van der Waals surface area (Å²) in [7, 11) is 0. The van der Waals surface area contributed by atoms with Crippen molar-refractivity contribution in [1.29, 1.82) is 0 Å². The summed E-state index contributed by atoms with van der Waals surface area (Å²) < 4.78 is 11.2. The third kappa shape index (κ3) is 8.80. The van der Waals surface area contributed by atoms with Crippen LogP contribution < -0.4 is 14.9 Å². The fourth-order valence-corrected chi connectivity index (χ4v) is 11.3. The second-order valence-electron chi connectivity index (χ2n) is 16.9. The van der Waals surface area contributed by atoms with Crippen LogP contribution in [0.2, 0.25) is 0 Å². The van der Waals surface area contributed by atoms with Crippen LogP contribution in [0.3, 0.4) is 0 Å². The van der Waals surface area contributed by atoms with Crippen LogP contribution in [0, 0.1) is 30.1 Å². The average Bonchev–Trinajstić information content (AvgIpc) is 3.77. The van der Waals surface area contributed by atoms with Crippen molar-refractivity contribution in [3.8, 4) is 11.1 Å². The van der Waals surface area contributed by atoms with Crippen LogP contribution in [0.1, 0.15) is 103 Å². The van der Waals surface area contributed by atoms with Gasteiger partial charge in [0.2, 0.25) is 0 Å². The molecule has 11 nitrogen and oxygen atoms in total. The summed E-state index contributed by atoms with van der Waals surface area (Å²) in [5, 5.41) is 8.52. The lowest BCUT2D eigenvalue weighted by molar-refractivity contribution is -0.143. The number of anilines is 2. The molecule has 4 heterocycles. The van der Waals surface area contributed by atoms with E-state index in [4.69, 9.17) is 14.8 Å². The van der Waals surface area contributed by atoms with E-state index >= 15 is 0 Å². The van der Waals surface area contributed by atoms with Gasteiger partial charge in [0.15, 0.2) is 5.13 Å². The number of benzene rings is 2. The number of carbonyl (C=O) groups excluding carboxylic acids is 3. The van der Waals surface area contributed by atoms with Crippen molar-refractivity contribution in [2.24, 2.45) is 23.2 Å². The molecule has 5 aromatic rings. The lowest BCUT2D eigenvalue weighted by Crippen LogP contribution is -2.38. The molecule has 2 unspecified atom stereocenters. The van der Waals surface area contributed by atoms with E-state index < -0.39 is 0 Å². The third-order valence-electron chi connectivity index (χ3n) is 12.2. The fraction of sp³-hybridized carbons (Fsp3) is 0.467. The molecule has 3 aliphatic rings. The maximum atomic E-state index is 14.1. The van der Waals surface area contributed by atoms with E-state index in [2.05, 4.69) is 51.4 Å². The van der Waals surface area contributed by atoms with Gasteiger partial charge in [0, 0.05) is 54.2 Å². The number of amides is 2. The first-order valence-corrected chi connectivity index (χ1v) is 22.5. The van der Waals surface area contributed by atoms with Crippen molar-refractivity contribution in [2.45, 2.75) is 92.2 Å². The number of fused-ring (bicyclic) bond motifs is 4. The third-order valence-corrected chi connectivity index (χ3v) is 13.9. The van der Waals surface area contributed by atoms with Crippen molar-refractivity contribution < 1.29 is 19.1 Å². The van der Waals surface area contributed by atoms with E-state index in [1.54, 1.807) is 6.92 Å². The monoisotopic (exact) mass is 819 g/mol. The fourth-order valence-electron chi connectivity index (χ4n) is 9.85. The number of para-hydroxylation sites is 1. The van der Waals surface area contributed by atoms with Gasteiger partial charge in [-0.3, -0.25) is 29.1 Å². The SMILES string of the molecule is CCOC(=O)CCCSNC(=O)c1nc(N2CCc3cccc(C(=O)Nc4nc5ccccc5s4)c3C2)ccc1-c1cnn(CC2(C)CC3CC(C)CC(C3)C2)c1C. The van der Waals surface area contributed by atoms with Crippen molar-refractivity contribution in [1.82, 2.24) is 24.5 Å². The molecule has 2 fully saturated rings. The molecule has 304 valence electrons. The van der Waals surface area contributed by atoms with Gasteiger partial charge in [0.1, 0.15) is 11.5 Å². The summed E-state index contributed by atoms with van der Waals surface area (Å²) in [6, 6.07) is 17.7. The maximum Gasteiger partial charge on any atom is 0.305 e. The molecule has 2 bridgehead atoms. The molecule has 0 radical (unpaired) electrons. The number of esters is 1. The first kappa shape index (κ1) is 40.0. The van der Waals surface area contributed by atoms with Crippen LogP contribution in [0.4, 0.5) is 10.9 Å². The first-order chi connectivity index (χ1) is 28.1. The minimum atomic E-state index is -0.306. The van der Waals surface area contributed by atoms with Crippen molar-refractivity contribution >= 4 is 62.2 Å². The van der Waals surface area contributed by atoms with Crippen LogP contribution in [0.15, 0.2) is 60.8 Å². The van der Waals surface area contributed by atoms with Gasteiger partial charge < -0.3 is 9.64 Å². The summed E-state index contributed by atoms with van der Waals surface area (Å²) in [6.45, 7) is 11.1. The molecule has 2 N–H and O–H groups in total. The number of aromatic nitrogens is 4. The van der Waals surface area contributed by atoms with E-state index in [0.717, 1.165) is 68.9 Å². The molecule has 0 saturated heterocycles. The number of pyridine rings is 1. The van der Waals surface area contributed by atoms with Gasteiger partial charge in [-0.05, 0) is 123 Å². The van der Waals surface area contributed by atoms with Gasteiger partial charge in [-0.2, -0.15) is 5.10 Å². The van der Waals surface area contributed by atoms with Crippen molar-refractivity contribution in [3.05, 3.63) is 88.9 Å². The van der Waals surface area contributed by atoms with Gasteiger partial charge in [0.05, 0.1) is 23.0 Å². The van der Waals surface area contributed by atoms with Crippen molar-refractivity contribution in [2.75, 3.05) is 29.1 Å². The van der Waals surface area contributed by atoms with Gasteiger partial charge in [-0.1, -0.05) is 61.4 Å². The molecule has 1 aliphatic heterocycles. The number of rotatable bonds is 13. The highest BCUT2D eigenvalue weighted by Crippen LogP contribution is 2.51. The molecule has 13 heteroatoms. The lowest BCUT2D eigenvalue weighted by atomic mass is 9.59. The Morgan fingerprint density at radius 3 is 2.59 bits per heavy atom. The number of thiazole rings is 1. The Labute approximate surface area is 348 Å². The van der Waals surface area contributed by atoms with Crippen LogP contribution in [0.5, 0.6) is 0 Å². The zero-order valence-corrected chi connectivity index (χ0v) is 35.5. The second kappa shape index (κ2) is 17.2. The molecule has 2 aromatic carbocycles. The summed E-state index contributed by atoms with van der Waals surface area (Å²) in [6.07, 6.45) is 9.96. The molecule has 2 saturated carbocycles. The summed E-state index contributed by atoms with van der Waals surface area (Å²) in [5.41, 5.74) is 6.65. The zero-order valence-electron chi connectivity index (χ0n) is 33.9. The molecule has 58 heavy (non-hydrogen) atoms. The number of carbonyl (C=O) groups is 3. The van der Waals surface area contributed by atoms with E-state index in [9.17, 15) is 14.4 Å². The standard InChI is InChI=1S/C45H53N7O4S2/c1-5-56-40(53)14-9-19-57-50-43(55)41-33(35-25-46-52(29(35)3)27-45(4)23-30-20-28(2)21-31(22-30)24-45)15-16-39(48-41)51-18-17-32-10-8-11-34(36(32)26-51)42(54)49-44-47-37-12-6-7-13-38(37)58-44/h6-8,10-13,15-16,25,28,30-31H,5,9,14,17-24,26-27H2,1-4H3,(H,50,55)(H,47,49,54). The largest absolute Gasteiger partial charge is 0.466 e. The highest BCUT2D eigenvalue weighted by atomic mass is 32.2. The average molecular weight is 820 g/mol. The lowest BCUT2D eigenvalue weighted by Gasteiger charge is -2.47. The Hall–Kier alpha value is -4.75. The number of hydrogen-bond donors (Lipinski definition) is 2. The van der Waals surface area contributed by atoms with Crippen LogP contribution in [0.25, 0.3) is 21.3 Å². The number of nitrogens with one attached hydrogen (secondary N) is 2. The highest BCUT2D eigenvalue weighted by Gasteiger charge is 2.41. The predicted molar refractivity (Wildman–Crippen MR) is 232 cm³/mol. The molecule has 2 aliphatic carbocycles. The van der Waals surface area contributed by atoms with Gasteiger partial charge in [-0.15, -0.1) is 0 Å². The summed E-state index contributed by atoms with van der Waals surface area (Å²) >= 11 is 2.72. The van der Waals surface area contributed by atoms with E-state index in [0.29, 0.717) is 60.5 Å². The number of ether oxygens (including phenoxy) is 1. The minimum Gasteiger partial charge on any atom is -0.466 e. The van der Waals surface area contributed by atoms with Gasteiger partial charge in [0.25, 0.3) is 11.8 Å². The Balaban J connectivity index is 1.04. The van der Waals surface area contributed by atoms with Crippen LogP contribution in [-0.2, 0) is 29.0 Å². The molecule has 8 rings (SSSR count). The smallest absolute Gasteiger partial charge is 0.305 e. The predicted octanol–water partition coefficient (Wildman–Crippen LogP) is 9.25.